The summed E-state index contributed by atoms with van der Waals surface area (Å²) in [5.41, 5.74) is 0.878. The molecule has 2 aromatic heterocycles. The van der Waals surface area contributed by atoms with Gasteiger partial charge in [0.15, 0.2) is 17.0 Å². The Morgan fingerprint density at radius 1 is 1.08 bits per heavy atom. The van der Waals surface area contributed by atoms with Crippen LogP contribution < -0.4 is 25.1 Å². The van der Waals surface area contributed by atoms with E-state index >= 15 is 0 Å². The summed E-state index contributed by atoms with van der Waals surface area (Å²) in [6.45, 7) is 1.30. The van der Waals surface area contributed by atoms with Crippen molar-refractivity contribution < 1.29 is 32.2 Å². The van der Waals surface area contributed by atoms with E-state index in [1.54, 1.807) is 25.1 Å². The van der Waals surface area contributed by atoms with Gasteiger partial charge in [0.05, 0.1) is 23.9 Å². The maximum Gasteiger partial charge on any atom is 0.573 e. The Balaban J connectivity index is 1.64. The zero-order valence-electron chi connectivity index (χ0n) is 19.2. The van der Waals surface area contributed by atoms with Crippen molar-refractivity contribution in [2.45, 2.75) is 19.8 Å². The second kappa shape index (κ2) is 9.85. The van der Waals surface area contributed by atoms with Crippen molar-refractivity contribution in [3.8, 4) is 28.5 Å². The number of carbonyl (C=O) groups excluding carboxylic acids is 1. The molecule has 9 nitrogen and oxygen atoms in total. The van der Waals surface area contributed by atoms with Gasteiger partial charge in [-0.05, 0) is 49.4 Å². The fourth-order valence-corrected chi connectivity index (χ4v) is 4.34. The van der Waals surface area contributed by atoms with E-state index < -0.39 is 30.1 Å². The van der Waals surface area contributed by atoms with E-state index in [2.05, 4.69) is 20.1 Å². The van der Waals surface area contributed by atoms with E-state index in [0.29, 0.717) is 32.5 Å². The number of nitrogens with zero attached hydrogens (tertiary/aromatic N) is 3. The van der Waals surface area contributed by atoms with Gasteiger partial charge in [-0.25, -0.2) is 9.67 Å². The lowest BCUT2D eigenvalue weighted by Crippen LogP contribution is -2.30. The fourth-order valence-electron chi connectivity index (χ4n) is 3.42. The number of hydrogen-bond acceptors (Lipinski definition) is 8. The molecule has 0 aliphatic rings. The van der Waals surface area contributed by atoms with E-state index in [0.717, 1.165) is 16.8 Å². The van der Waals surface area contributed by atoms with Crippen LogP contribution >= 0.6 is 11.3 Å². The van der Waals surface area contributed by atoms with Gasteiger partial charge in [-0.1, -0.05) is 0 Å². The first kappa shape index (κ1) is 25.0. The number of anilines is 1. The molecule has 0 aliphatic heterocycles. The van der Waals surface area contributed by atoms with Crippen LogP contribution in [0.2, 0.25) is 0 Å². The summed E-state index contributed by atoms with van der Waals surface area (Å²) in [6.07, 6.45) is -4.82. The van der Waals surface area contributed by atoms with Crippen molar-refractivity contribution >= 4 is 33.1 Å². The molecule has 13 heteroatoms. The number of hydrogen-bond donors (Lipinski definition) is 1. The Morgan fingerprint density at radius 2 is 1.78 bits per heavy atom. The van der Waals surface area contributed by atoms with Gasteiger partial charge in [-0.2, -0.15) is 5.10 Å². The topological polar surface area (TPSA) is 105 Å². The lowest BCUT2D eigenvalue weighted by molar-refractivity contribution is -0.274. The normalized spacial score (nSPS) is 11.4. The number of halogens is 3. The third-order valence-corrected chi connectivity index (χ3v) is 5.91. The number of aryl methyl sites for hydroxylation is 1. The minimum absolute atomic E-state index is 0.165. The monoisotopic (exact) mass is 520 g/mol. The second-order valence-corrected chi connectivity index (χ2v) is 8.62. The number of carbonyl (C=O) groups is 1. The van der Waals surface area contributed by atoms with Crippen molar-refractivity contribution in [2.24, 2.45) is 0 Å². The SMILES string of the molecule is COc1ccc(-c2nn(CC(=O)Nc3ccc(OC(F)(F)F)cc3)c(=O)c3nc(C)sc23)cc1OC. The largest absolute Gasteiger partial charge is 0.573 e. The second-order valence-electron chi connectivity index (χ2n) is 7.41. The molecule has 0 aliphatic carbocycles. The third kappa shape index (κ3) is 5.40. The van der Waals surface area contributed by atoms with E-state index in [1.807, 2.05) is 0 Å². The van der Waals surface area contributed by atoms with Gasteiger partial charge < -0.3 is 19.5 Å². The highest BCUT2D eigenvalue weighted by Crippen LogP contribution is 2.35. The summed E-state index contributed by atoms with van der Waals surface area (Å²) in [6, 6.07) is 9.77. The molecule has 1 N–H and O–H groups in total. The molecule has 4 rings (SSSR count). The molecule has 36 heavy (non-hydrogen) atoms. The van der Waals surface area contributed by atoms with Gasteiger partial charge in [0.1, 0.15) is 18.0 Å². The fraction of sp³-hybridized carbons (Fsp3) is 0.217. The maximum absolute atomic E-state index is 13.0. The van der Waals surface area contributed by atoms with Crippen LogP contribution in [0.25, 0.3) is 21.5 Å². The number of benzene rings is 2. The number of nitrogens with one attached hydrogen (secondary N) is 1. The maximum atomic E-state index is 13.0. The van der Waals surface area contributed by atoms with E-state index in [-0.39, 0.29) is 11.2 Å². The molecule has 4 aromatic rings. The highest BCUT2D eigenvalue weighted by Gasteiger charge is 2.31. The molecule has 0 fully saturated rings. The number of aromatic nitrogens is 3. The van der Waals surface area contributed by atoms with Crippen molar-refractivity contribution in [3.63, 3.8) is 0 Å². The van der Waals surface area contributed by atoms with Crippen LogP contribution in [0.5, 0.6) is 17.2 Å². The lowest BCUT2D eigenvalue weighted by atomic mass is 10.1. The van der Waals surface area contributed by atoms with Gasteiger partial charge >= 0.3 is 6.36 Å². The van der Waals surface area contributed by atoms with Crippen LogP contribution in [0.15, 0.2) is 47.3 Å². The Morgan fingerprint density at radius 3 is 2.42 bits per heavy atom. The number of rotatable bonds is 7. The molecule has 0 unspecified atom stereocenters. The van der Waals surface area contributed by atoms with Gasteiger partial charge in [-0.3, -0.25) is 9.59 Å². The van der Waals surface area contributed by atoms with Crippen LogP contribution in [0, 0.1) is 6.92 Å². The zero-order chi connectivity index (χ0) is 26.0. The van der Waals surface area contributed by atoms with Crippen molar-refractivity contribution in [1.82, 2.24) is 14.8 Å². The number of fused-ring (bicyclic) bond motifs is 1. The molecule has 188 valence electrons. The summed E-state index contributed by atoms with van der Waals surface area (Å²) in [5.74, 6) is -0.0714. The minimum atomic E-state index is -4.82. The summed E-state index contributed by atoms with van der Waals surface area (Å²) in [4.78, 5) is 30.0. The number of alkyl halides is 3. The predicted octanol–water partition coefficient (Wildman–Crippen LogP) is 4.38. The molecule has 2 heterocycles. The van der Waals surface area contributed by atoms with Crippen LogP contribution in [0.1, 0.15) is 5.01 Å². The van der Waals surface area contributed by atoms with E-state index in [4.69, 9.17) is 9.47 Å². The van der Waals surface area contributed by atoms with Crippen molar-refractivity contribution in [1.29, 1.82) is 0 Å². The van der Waals surface area contributed by atoms with Crippen molar-refractivity contribution in [2.75, 3.05) is 19.5 Å². The Labute approximate surface area is 206 Å². The van der Waals surface area contributed by atoms with Gasteiger partial charge in [-0.15, -0.1) is 24.5 Å². The van der Waals surface area contributed by atoms with Gasteiger partial charge in [0, 0.05) is 11.3 Å². The first-order valence-electron chi connectivity index (χ1n) is 10.3. The molecule has 2 aromatic carbocycles. The van der Waals surface area contributed by atoms with Crippen LogP contribution in [0.4, 0.5) is 18.9 Å². The Bertz CT molecular complexity index is 1480. The predicted molar refractivity (Wildman–Crippen MR) is 127 cm³/mol. The van der Waals surface area contributed by atoms with Crippen molar-refractivity contribution in [3.05, 3.63) is 57.8 Å². The first-order chi connectivity index (χ1) is 17.1. The highest BCUT2D eigenvalue weighted by molar-refractivity contribution is 7.19. The zero-order valence-corrected chi connectivity index (χ0v) is 20.0. The van der Waals surface area contributed by atoms with Gasteiger partial charge in [0.25, 0.3) is 5.56 Å². The summed E-state index contributed by atoms with van der Waals surface area (Å²) < 4.78 is 53.0. The minimum Gasteiger partial charge on any atom is -0.493 e. The summed E-state index contributed by atoms with van der Waals surface area (Å²) >= 11 is 1.30. The van der Waals surface area contributed by atoms with Crippen LogP contribution in [-0.4, -0.2) is 41.3 Å². The lowest BCUT2D eigenvalue weighted by Gasteiger charge is -2.12. The molecule has 0 saturated carbocycles. The van der Waals surface area contributed by atoms with Crippen LogP contribution in [0.3, 0.4) is 0 Å². The highest BCUT2D eigenvalue weighted by atomic mass is 32.1. The molecule has 0 bridgehead atoms. The van der Waals surface area contributed by atoms with Crippen LogP contribution in [-0.2, 0) is 11.3 Å². The van der Waals surface area contributed by atoms with E-state index in [1.165, 1.54) is 37.7 Å². The molecule has 1 amide bonds. The average molecular weight is 520 g/mol. The number of methoxy groups -OCH3 is 2. The molecule has 0 saturated heterocycles. The standard InChI is InChI=1S/C23H19F3N4O5S/c1-12-27-20-21(36-12)19(13-4-9-16(33-2)17(10-13)34-3)29-30(22(20)32)11-18(31)28-14-5-7-15(8-6-14)35-23(24,25)26/h4-10H,11H2,1-3H3,(H,28,31). The molecule has 0 spiro atoms. The molecular formula is C23H19F3N4O5S. The van der Waals surface area contributed by atoms with E-state index in [9.17, 15) is 22.8 Å². The summed E-state index contributed by atoms with van der Waals surface area (Å²) in [7, 11) is 3.00. The average Bonchev–Trinajstić information content (AvgIpc) is 3.22. The first-order valence-corrected chi connectivity index (χ1v) is 11.2. The molecule has 0 radical (unpaired) electrons. The van der Waals surface area contributed by atoms with Gasteiger partial charge in [0.2, 0.25) is 5.91 Å². The number of ether oxygens (including phenoxy) is 3. The Hall–Kier alpha value is -4.13. The molecular weight excluding hydrogens is 501 g/mol. The number of thiazole rings is 1. The Kier molecular flexibility index (Phi) is 6.84. The number of amides is 1. The molecule has 0 atom stereocenters. The quantitative estimate of drug-likeness (QED) is 0.386. The summed E-state index contributed by atoms with van der Waals surface area (Å²) in [5, 5.41) is 7.59. The smallest absolute Gasteiger partial charge is 0.493 e. The third-order valence-electron chi connectivity index (χ3n) is 4.93.